The molecule has 27 heavy (non-hydrogen) atoms. The lowest BCUT2D eigenvalue weighted by molar-refractivity contribution is -0.129. The average molecular weight is 367 g/mol. The monoisotopic (exact) mass is 367 g/mol. The summed E-state index contributed by atoms with van der Waals surface area (Å²) >= 11 is 0. The molecule has 0 unspecified atom stereocenters. The van der Waals surface area contributed by atoms with Crippen molar-refractivity contribution in [1.82, 2.24) is 9.71 Å². The fourth-order valence-corrected chi connectivity index (χ4v) is 3.57. The van der Waals surface area contributed by atoms with Crippen LogP contribution in [0.4, 0.5) is 0 Å². The lowest BCUT2D eigenvalue weighted by Crippen LogP contribution is -2.35. The molecule has 0 saturated heterocycles. The van der Waals surface area contributed by atoms with Gasteiger partial charge in [0.2, 0.25) is 0 Å². The lowest BCUT2D eigenvalue weighted by Gasteiger charge is -2.28. The molecule has 6 heteroatoms. The quantitative estimate of drug-likeness (QED) is 0.637. The number of hydrogen-bond donors (Lipinski definition) is 1. The molecule has 2 heterocycles. The third-order valence-corrected chi connectivity index (χ3v) is 4.77. The Morgan fingerprint density at radius 1 is 1.15 bits per heavy atom. The molecular weight excluding hydrogens is 342 g/mol. The zero-order valence-corrected chi connectivity index (χ0v) is 15.8. The van der Waals surface area contributed by atoms with Gasteiger partial charge in [-0.25, -0.2) is 4.98 Å². The molecule has 1 N–H and O–H groups in total. The molecular formula is C21H25N3O3. The van der Waals surface area contributed by atoms with E-state index in [0.717, 1.165) is 28.7 Å². The van der Waals surface area contributed by atoms with Crippen LogP contribution in [0.2, 0.25) is 0 Å². The minimum atomic E-state index is -0.701. The van der Waals surface area contributed by atoms with Crippen molar-refractivity contribution in [2.45, 2.75) is 46.0 Å². The van der Waals surface area contributed by atoms with Crippen LogP contribution in [0, 0.1) is 5.41 Å². The van der Waals surface area contributed by atoms with Gasteiger partial charge in [-0.2, -0.15) is 9.72 Å². The molecule has 0 bridgehead atoms. The van der Waals surface area contributed by atoms with Gasteiger partial charge in [-0.3, -0.25) is 4.79 Å². The van der Waals surface area contributed by atoms with Crippen LogP contribution >= 0.6 is 0 Å². The first kappa shape index (κ1) is 18.9. The highest BCUT2D eigenvalue weighted by molar-refractivity contribution is 5.83. The molecule has 0 aliphatic heterocycles. The van der Waals surface area contributed by atoms with Gasteiger partial charge in [0.05, 0.1) is 5.41 Å². The van der Waals surface area contributed by atoms with Crippen LogP contribution in [0.3, 0.4) is 0 Å². The molecule has 1 aromatic carbocycles. The van der Waals surface area contributed by atoms with Gasteiger partial charge in [-0.15, -0.1) is 0 Å². The normalized spacial score (nSPS) is 12.6. The van der Waals surface area contributed by atoms with Gasteiger partial charge < -0.3 is 9.62 Å². The Morgan fingerprint density at radius 2 is 1.85 bits per heavy atom. The Balaban J connectivity index is 2.01. The van der Waals surface area contributed by atoms with Crippen molar-refractivity contribution in [3.8, 4) is 0 Å². The standard InChI is InChI=1S/C21H25N3O3/c1-3-12-21(13-4-2,20(25)23-18-11-7-8-14-24(18)26)15-19-22-16-9-5-6-10-17(16)27-19/h5-11,14,26H,3-4,12-13,15H2,1-2H3. The van der Waals surface area contributed by atoms with E-state index in [9.17, 15) is 10.0 Å². The number of hydrogen-bond acceptors (Lipinski definition) is 4. The number of rotatable bonds is 7. The summed E-state index contributed by atoms with van der Waals surface area (Å²) < 4.78 is 6.74. The van der Waals surface area contributed by atoms with Crippen molar-refractivity contribution in [1.29, 1.82) is 0 Å². The molecule has 0 aliphatic rings. The molecule has 0 aliphatic carbocycles. The predicted octanol–water partition coefficient (Wildman–Crippen LogP) is 4.12. The molecule has 1 amide bonds. The fraction of sp³-hybridized carbons (Fsp3) is 0.381. The van der Waals surface area contributed by atoms with Crippen LogP contribution in [0.15, 0.2) is 58.1 Å². The first-order chi connectivity index (χ1) is 13.1. The van der Waals surface area contributed by atoms with Crippen LogP contribution in [0.25, 0.3) is 11.1 Å². The van der Waals surface area contributed by atoms with Crippen LogP contribution in [0.5, 0.6) is 0 Å². The molecule has 0 saturated carbocycles. The molecule has 0 atom stereocenters. The summed E-state index contributed by atoms with van der Waals surface area (Å²) in [6, 6.07) is 12.6. The second-order valence-electron chi connectivity index (χ2n) is 6.85. The highest BCUT2D eigenvalue weighted by atomic mass is 16.5. The van der Waals surface area contributed by atoms with Crippen LogP contribution in [-0.2, 0) is 11.2 Å². The topological polar surface area (TPSA) is 80.6 Å². The van der Waals surface area contributed by atoms with Crippen molar-refractivity contribution in [2.24, 2.45) is 10.4 Å². The van der Waals surface area contributed by atoms with E-state index in [2.05, 4.69) is 23.8 Å². The minimum Gasteiger partial charge on any atom is -0.441 e. The Labute approximate surface area is 158 Å². The number of aromatic nitrogens is 2. The first-order valence-electron chi connectivity index (χ1n) is 9.38. The summed E-state index contributed by atoms with van der Waals surface area (Å²) in [7, 11) is 0. The molecule has 142 valence electrons. The summed E-state index contributed by atoms with van der Waals surface area (Å²) in [4.78, 5) is 22.0. The maximum Gasteiger partial charge on any atom is 0.254 e. The number of pyridine rings is 1. The molecule has 3 aromatic rings. The van der Waals surface area contributed by atoms with Gasteiger partial charge in [0.25, 0.3) is 5.91 Å². The molecule has 0 fully saturated rings. The second-order valence-corrected chi connectivity index (χ2v) is 6.85. The number of benzene rings is 1. The molecule has 6 nitrogen and oxygen atoms in total. The minimum absolute atomic E-state index is 0.219. The Bertz CT molecular complexity index is 948. The van der Waals surface area contributed by atoms with Gasteiger partial charge >= 0.3 is 0 Å². The number of nitrogens with zero attached hydrogens (tertiary/aromatic N) is 3. The van der Waals surface area contributed by atoms with E-state index < -0.39 is 5.41 Å². The average Bonchev–Trinajstić information content (AvgIpc) is 3.06. The fourth-order valence-electron chi connectivity index (χ4n) is 3.57. The van der Waals surface area contributed by atoms with Crippen LogP contribution in [-0.4, -0.2) is 20.8 Å². The predicted molar refractivity (Wildman–Crippen MR) is 102 cm³/mol. The smallest absolute Gasteiger partial charge is 0.254 e. The van der Waals surface area contributed by atoms with Gasteiger partial charge in [0.15, 0.2) is 17.0 Å². The maximum atomic E-state index is 13.2. The maximum absolute atomic E-state index is 13.2. The summed E-state index contributed by atoms with van der Waals surface area (Å²) in [5.74, 6) is 0.300. The summed E-state index contributed by atoms with van der Waals surface area (Å²) in [5, 5.41) is 9.91. The van der Waals surface area contributed by atoms with E-state index in [1.165, 1.54) is 6.20 Å². The lowest BCUT2D eigenvalue weighted by atomic mass is 9.75. The van der Waals surface area contributed by atoms with E-state index in [4.69, 9.17) is 4.42 Å². The Hall–Kier alpha value is -2.89. The van der Waals surface area contributed by atoms with E-state index in [0.29, 0.717) is 25.2 Å². The van der Waals surface area contributed by atoms with Crippen molar-refractivity contribution in [2.75, 3.05) is 0 Å². The third kappa shape index (κ3) is 4.10. The van der Waals surface area contributed by atoms with E-state index in [-0.39, 0.29) is 11.4 Å². The van der Waals surface area contributed by atoms with Crippen LogP contribution in [0.1, 0.15) is 45.4 Å². The van der Waals surface area contributed by atoms with E-state index in [1.807, 2.05) is 24.3 Å². The molecule has 0 spiro atoms. The number of amides is 1. The van der Waals surface area contributed by atoms with Gasteiger partial charge in [-0.05, 0) is 37.1 Å². The second kappa shape index (κ2) is 8.20. The summed E-state index contributed by atoms with van der Waals surface area (Å²) in [6.07, 6.45) is 4.89. The summed E-state index contributed by atoms with van der Waals surface area (Å²) in [5.41, 5.74) is 1.02. The van der Waals surface area contributed by atoms with Gasteiger partial charge in [0.1, 0.15) is 5.52 Å². The number of carbonyl (C=O) groups is 1. The van der Waals surface area contributed by atoms with Crippen LogP contribution < -0.4 is 5.49 Å². The molecule has 3 rings (SSSR count). The SMILES string of the molecule is CCCC(CCC)(Cc1nc2ccccc2o1)C(=O)N=c1ccccn1O. The highest BCUT2D eigenvalue weighted by Crippen LogP contribution is 2.36. The number of para-hydroxylation sites is 2. The highest BCUT2D eigenvalue weighted by Gasteiger charge is 2.38. The number of fused-ring (bicyclic) bond motifs is 1. The number of oxazole rings is 1. The molecule has 0 radical (unpaired) electrons. The number of carbonyl (C=O) groups excluding carboxylic acids is 1. The summed E-state index contributed by atoms with van der Waals surface area (Å²) in [6.45, 7) is 4.11. The van der Waals surface area contributed by atoms with E-state index in [1.54, 1.807) is 18.2 Å². The first-order valence-corrected chi connectivity index (χ1v) is 9.38. The van der Waals surface area contributed by atoms with Crippen molar-refractivity contribution in [3.63, 3.8) is 0 Å². The third-order valence-electron chi connectivity index (χ3n) is 4.77. The Morgan fingerprint density at radius 3 is 2.52 bits per heavy atom. The van der Waals surface area contributed by atoms with E-state index >= 15 is 0 Å². The van der Waals surface area contributed by atoms with Crippen molar-refractivity contribution in [3.05, 3.63) is 60.0 Å². The Kier molecular flexibility index (Phi) is 5.74. The molecule has 2 aromatic heterocycles. The zero-order chi connectivity index (χ0) is 19.3. The van der Waals surface area contributed by atoms with Gasteiger partial charge in [0, 0.05) is 12.6 Å². The van der Waals surface area contributed by atoms with Gasteiger partial charge in [-0.1, -0.05) is 44.9 Å². The zero-order valence-electron chi connectivity index (χ0n) is 15.8. The largest absolute Gasteiger partial charge is 0.441 e. The van der Waals surface area contributed by atoms with Crippen molar-refractivity contribution >= 4 is 17.0 Å². The van der Waals surface area contributed by atoms with Crippen molar-refractivity contribution < 1.29 is 14.4 Å².